The minimum absolute atomic E-state index is 0.954. The smallest absolute Gasteiger partial charge is 0.0360 e. The lowest BCUT2D eigenvalue weighted by Gasteiger charge is -2.23. The zero-order valence-electron chi connectivity index (χ0n) is 8.43. The van der Waals surface area contributed by atoms with Crippen molar-refractivity contribution in [3.63, 3.8) is 0 Å². The Morgan fingerprint density at radius 2 is 1.91 bits per heavy atom. The summed E-state index contributed by atoms with van der Waals surface area (Å²) in [6, 6.07) is 0. The van der Waals surface area contributed by atoms with E-state index in [9.17, 15) is 0 Å². The molecular weight excluding hydrogens is 132 g/mol. The van der Waals surface area contributed by atoms with E-state index in [2.05, 4.69) is 27.7 Å². The molecule has 0 aliphatic heterocycles. The van der Waals surface area contributed by atoms with E-state index in [1.54, 1.807) is 0 Å². The molecule has 1 fully saturated rings. The van der Waals surface area contributed by atoms with Gasteiger partial charge in [-0.2, -0.15) is 0 Å². The average Bonchev–Trinajstić information content (AvgIpc) is 2.32. The molecule has 0 aromatic heterocycles. The summed E-state index contributed by atoms with van der Waals surface area (Å²) in [5, 5.41) is 0. The predicted octanol–water partition coefficient (Wildman–Crippen LogP) is 3.71. The zero-order chi connectivity index (χ0) is 8.43. The predicted molar refractivity (Wildman–Crippen MR) is 50.5 cm³/mol. The van der Waals surface area contributed by atoms with Crippen molar-refractivity contribution in [2.24, 2.45) is 23.7 Å². The molecule has 0 nitrogen and oxygen atoms in total. The molecule has 11 heavy (non-hydrogen) atoms. The third-order valence-electron chi connectivity index (χ3n) is 3.90. The van der Waals surface area contributed by atoms with Gasteiger partial charge in [0.1, 0.15) is 0 Å². The monoisotopic (exact) mass is 154 g/mol. The molecule has 0 heterocycles. The molecule has 66 valence electrons. The lowest BCUT2D eigenvalue weighted by molar-refractivity contribution is 0.261. The summed E-state index contributed by atoms with van der Waals surface area (Å²) < 4.78 is 0. The molecule has 1 aliphatic carbocycles. The highest BCUT2D eigenvalue weighted by atomic mass is 14.4. The topological polar surface area (TPSA) is 0 Å². The van der Waals surface area contributed by atoms with E-state index in [0.29, 0.717) is 0 Å². The SMILES string of the molecule is CCC(C)[C@H]1CC[C@@H](C)[C@@H]1C. The zero-order valence-corrected chi connectivity index (χ0v) is 8.43. The van der Waals surface area contributed by atoms with Crippen molar-refractivity contribution in [2.75, 3.05) is 0 Å². The molecule has 0 saturated heterocycles. The van der Waals surface area contributed by atoms with E-state index in [4.69, 9.17) is 0 Å². The molecule has 1 aliphatic rings. The van der Waals surface area contributed by atoms with Crippen molar-refractivity contribution in [3.8, 4) is 0 Å². The molecular formula is C11H22. The van der Waals surface area contributed by atoms with Crippen molar-refractivity contribution in [2.45, 2.75) is 47.0 Å². The Labute approximate surface area is 71.4 Å². The second-order valence-corrected chi connectivity index (χ2v) is 4.46. The molecule has 0 spiro atoms. The largest absolute Gasteiger partial charge is 0.0651 e. The highest BCUT2D eigenvalue weighted by Crippen LogP contribution is 2.41. The molecule has 4 atom stereocenters. The van der Waals surface area contributed by atoms with Gasteiger partial charge < -0.3 is 0 Å². The standard InChI is InChI=1S/C11H22/c1-5-8(2)11-7-6-9(3)10(11)4/h8-11H,5-7H2,1-4H3/t8?,9-,10+,11-/m1/s1. The molecule has 0 aromatic rings. The van der Waals surface area contributed by atoms with Gasteiger partial charge in [0.25, 0.3) is 0 Å². The second kappa shape index (κ2) is 3.60. The van der Waals surface area contributed by atoms with Gasteiger partial charge in [0.15, 0.2) is 0 Å². The Morgan fingerprint density at radius 1 is 1.27 bits per heavy atom. The minimum atomic E-state index is 0.954. The molecule has 0 amide bonds. The van der Waals surface area contributed by atoms with Gasteiger partial charge in [0.2, 0.25) is 0 Å². The van der Waals surface area contributed by atoms with Gasteiger partial charge in [-0.05, 0) is 30.1 Å². The Balaban J connectivity index is 2.47. The molecule has 0 radical (unpaired) electrons. The van der Waals surface area contributed by atoms with Crippen LogP contribution >= 0.6 is 0 Å². The molecule has 0 N–H and O–H groups in total. The van der Waals surface area contributed by atoms with E-state index in [-0.39, 0.29) is 0 Å². The first-order chi connectivity index (χ1) is 5.16. The van der Waals surface area contributed by atoms with Crippen LogP contribution in [0, 0.1) is 23.7 Å². The normalized spacial score (nSPS) is 40.9. The van der Waals surface area contributed by atoms with Crippen LogP contribution in [0.15, 0.2) is 0 Å². The van der Waals surface area contributed by atoms with Crippen LogP contribution < -0.4 is 0 Å². The van der Waals surface area contributed by atoms with Crippen LogP contribution in [-0.2, 0) is 0 Å². The first-order valence-corrected chi connectivity index (χ1v) is 5.16. The fourth-order valence-corrected chi connectivity index (χ4v) is 2.51. The van der Waals surface area contributed by atoms with Gasteiger partial charge in [-0.25, -0.2) is 0 Å². The van der Waals surface area contributed by atoms with Gasteiger partial charge in [0, 0.05) is 0 Å². The van der Waals surface area contributed by atoms with E-state index in [1.807, 2.05) is 0 Å². The Bertz CT molecular complexity index is 117. The number of hydrogen-bond donors (Lipinski definition) is 0. The van der Waals surface area contributed by atoms with Crippen LogP contribution in [0.2, 0.25) is 0 Å². The third kappa shape index (κ3) is 1.77. The van der Waals surface area contributed by atoms with E-state index in [0.717, 1.165) is 23.7 Å². The molecule has 0 aromatic carbocycles. The first kappa shape index (κ1) is 9.09. The highest BCUT2D eigenvalue weighted by molar-refractivity contribution is 4.82. The van der Waals surface area contributed by atoms with Gasteiger partial charge in [-0.15, -0.1) is 0 Å². The van der Waals surface area contributed by atoms with Crippen LogP contribution in [-0.4, -0.2) is 0 Å². The maximum atomic E-state index is 2.44. The highest BCUT2D eigenvalue weighted by Gasteiger charge is 2.32. The molecule has 1 saturated carbocycles. The van der Waals surface area contributed by atoms with Crippen LogP contribution in [0.4, 0.5) is 0 Å². The minimum Gasteiger partial charge on any atom is -0.0651 e. The quantitative estimate of drug-likeness (QED) is 0.568. The van der Waals surface area contributed by atoms with Gasteiger partial charge >= 0.3 is 0 Å². The summed E-state index contributed by atoms with van der Waals surface area (Å²) in [4.78, 5) is 0. The maximum Gasteiger partial charge on any atom is -0.0360 e. The fourth-order valence-electron chi connectivity index (χ4n) is 2.51. The maximum absolute atomic E-state index is 2.44. The fraction of sp³-hybridized carbons (Fsp3) is 1.00. The van der Waals surface area contributed by atoms with Crippen molar-refractivity contribution in [3.05, 3.63) is 0 Å². The summed E-state index contributed by atoms with van der Waals surface area (Å²) in [6.45, 7) is 9.58. The van der Waals surface area contributed by atoms with E-state index < -0.39 is 0 Å². The van der Waals surface area contributed by atoms with E-state index >= 15 is 0 Å². The average molecular weight is 154 g/mol. The molecule has 0 heteroatoms. The van der Waals surface area contributed by atoms with Crippen LogP contribution in [0.1, 0.15) is 47.0 Å². The molecule has 1 unspecified atom stereocenters. The summed E-state index contributed by atoms with van der Waals surface area (Å²) in [7, 11) is 0. The van der Waals surface area contributed by atoms with Gasteiger partial charge in [-0.3, -0.25) is 0 Å². The van der Waals surface area contributed by atoms with Crippen molar-refractivity contribution in [1.82, 2.24) is 0 Å². The summed E-state index contributed by atoms with van der Waals surface area (Å²) in [5.41, 5.74) is 0. The van der Waals surface area contributed by atoms with Crippen LogP contribution in [0.3, 0.4) is 0 Å². The van der Waals surface area contributed by atoms with Crippen LogP contribution in [0.25, 0.3) is 0 Å². The third-order valence-corrected chi connectivity index (χ3v) is 3.90. The Hall–Kier alpha value is 0. The summed E-state index contributed by atoms with van der Waals surface area (Å²) >= 11 is 0. The number of hydrogen-bond acceptors (Lipinski definition) is 0. The molecule has 1 rings (SSSR count). The van der Waals surface area contributed by atoms with Crippen molar-refractivity contribution >= 4 is 0 Å². The first-order valence-electron chi connectivity index (χ1n) is 5.16. The lowest BCUT2D eigenvalue weighted by atomic mass is 9.82. The van der Waals surface area contributed by atoms with Gasteiger partial charge in [0.05, 0.1) is 0 Å². The lowest BCUT2D eigenvalue weighted by Crippen LogP contribution is -2.16. The Kier molecular flexibility index (Phi) is 2.98. The summed E-state index contributed by atoms with van der Waals surface area (Å²) in [6.07, 6.45) is 4.31. The van der Waals surface area contributed by atoms with Gasteiger partial charge in [-0.1, -0.05) is 40.5 Å². The van der Waals surface area contributed by atoms with Crippen molar-refractivity contribution < 1.29 is 0 Å². The van der Waals surface area contributed by atoms with Crippen LogP contribution in [0.5, 0.6) is 0 Å². The second-order valence-electron chi connectivity index (χ2n) is 4.46. The molecule has 0 bridgehead atoms. The van der Waals surface area contributed by atoms with Crippen molar-refractivity contribution in [1.29, 1.82) is 0 Å². The summed E-state index contributed by atoms with van der Waals surface area (Å²) in [5.74, 6) is 3.93. The Morgan fingerprint density at radius 3 is 2.27 bits per heavy atom. The number of rotatable bonds is 2. The van der Waals surface area contributed by atoms with E-state index in [1.165, 1.54) is 19.3 Å².